The van der Waals surface area contributed by atoms with Gasteiger partial charge < -0.3 is 0 Å². The molecule has 0 aliphatic heterocycles. The number of hydrogen-bond acceptors (Lipinski definition) is 3. The van der Waals surface area contributed by atoms with Gasteiger partial charge in [-0.15, -0.1) is 50.9 Å². The average molecular weight is 324 g/mol. The van der Waals surface area contributed by atoms with Crippen LogP contribution in [-0.4, -0.2) is 15.0 Å². The maximum atomic E-state index is 3.56. The fraction of sp³-hybridized carbons (Fsp3) is 0. The van der Waals surface area contributed by atoms with Crippen molar-refractivity contribution in [3.05, 3.63) is 19.0 Å². The summed E-state index contributed by atoms with van der Waals surface area (Å²) >= 11 is 0. The van der Waals surface area contributed by atoms with Crippen LogP contribution in [0.4, 0.5) is 0 Å². The monoisotopic (exact) mass is 321 g/mol. The summed E-state index contributed by atoms with van der Waals surface area (Å²) in [5.41, 5.74) is 0. The van der Waals surface area contributed by atoms with E-state index in [0.717, 1.165) is 0 Å². The lowest BCUT2D eigenvalue weighted by molar-refractivity contribution is 1.05. The van der Waals surface area contributed by atoms with E-state index in [1.807, 2.05) is 0 Å². The molecular weight excluding hydrogens is 318 g/mol. The van der Waals surface area contributed by atoms with Gasteiger partial charge in [0.1, 0.15) is 19.0 Å². The van der Waals surface area contributed by atoms with Gasteiger partial charge in [0.15, 0.2) is 0 Å². The van der Waals surface area contributed by atoms with Crippen molar-refractivity contribution in [2.24, 2.45) is 0 Å². The van der Waals surface area contributed by atoms with E-state index in [4.69, 9.17) is 0 Å². The first-order chi connectivity index (χ1) is 3.00. The second kappa shape index (κ2) is 11.3. The highest BCUT2D eigenvalue weighted by molar-refractivity contribution is 8.93. The number of aromatic nitrogens is 3. The second-order valence-corrected chi connectivity index (χ2v) is 0.794. The molecule has 0 radical (unpaired) electrons. The molecule has 0 unspecified atom stereocenters. The molecule has 0 aromatic carbocycles. The summed E-state index contributed by atoms with van der Waals surface area (Å²) in [5.74, 6) is 0. The molecule has 1 aromatic rings. The lowest BCUT2D eigenvalue weighted by Gasteiger charge is -1.69. The smallest absolute Gasteiger partial charge is 0.119 e. The van der Waals surface area contributed by atoms with Gasteiger partial charge in [-0.1, -0.05) is 0 Å². The number of hydrogen-bond donors (Lipinski definition) is 0. The van der Waals surface area contributed by atoms with E-state index in [1.165, 1.54) is 19.0 Å². The number of rotatable bonds is 0. The van der Waals surface area contributed by atoms with Gasteiger partial charge in [0.05, 0.1) is 0 Å². The molecule has 0 bridgehead atoms. The van der Waals surface area contributed by atoms with E-state index in [-0.39, 0.29) is 50.9 Å². The average Bonchev–Trinajstić information content (AvgIpc) is 1.72. The van der Waals surface area contributed by atoms with E-state index < -0.39 is 0 Å². The Labute approximate surface area is 84.6 Å². The van der Waals surface area contributed by atoms with Crippen molar-refractivity contribution in [2.75, 3.05) is 0 Å². The SMILES string of the molecule is Br.Br.Br.c1ncncn1. The Morgan fingerprint density at radius 2 is 0.778 bits per heavy atom. The second-order valence-electron chi connectivity index (χ2n) is 0.794. The van der Waals surface area contributed by atoms with E-state index in [9.17, 15) is 0 Å². The van der Waals surface area contributed by atoms with Crippen LogP contribution in [0.15, 0.2) is 19.0 Å². The van der Waals surface area contributed by atoms with E-state index in [0.29, 0.717) is 0 Å². The van der Waals surface area contributed by atoms with Crippen LogP contribution in [0.25, 0.3) is 0 Å². The Hall–Kier alpha value is 0.450. The first kappa shape index (κ1) is 16.2. The van der Waals surface area contributed by atoms with Gasteiger partial charge in [0.2, 0.25) is 0 Å². The largest absolute Gasteiger partial charge is 0.225 e. The molecule has 6 heteroatoms. The molecule has 0 aliphatic carbocycles. The highest BCUT2D eigenvalue weighted by Crippen LogP contribution is 1.57. The Morgan fingerprint density at radius 3 is 0.889 bits per heavy atom. The molecule has 0 amide bonds. The first-order valence-corrected chi connectivity index (χ1v) is 1.55. The van der Waals surface area contributed by atoms with Crippen LogP contribution in [0.1, 0.15) is 0 Å². The topological polar surface area (TPSA) is 38.7 Å². The molecule has 0 aliphatic rings. The fourth-order valence-electron chi connectivity index (χ4n) is 0.205. The summed E-state index contributed by atoms with van der Waals surface area (Å²) < 4.78 is 0. The third-order valence-corrected chi connectivity index (χ3v) is 0.400. The molecule has 1 heterocycles. The van der Waals surface area contributed by atoms with Crippen molar-refractivity contribution in [3.63, 3.8) is 0 Å². The van der Waals surface area contributed by atoms with Gasteiger partial charge in [-0.3, -0.25) is 0 Å². The molecule has 9 heavy (non-hydrogen) atoms. The van der Waals surface area contributed by atoms with E-state index in [2.05, 4.69) is 15.0 Å². The van der Waals surface area contributed by atoms with Crippen molar-refractivity contribution in [3.8, 4) is 0 Å². The van der Waals surface area contributed by atoms with Crippen LogP contribution < -0.4 is 0 Å². The lowest BCUT2D eigenvalue weighted by Crippen LogP contribution is -1.73. The molecule has 54 valence electrons. The zero-order valence-corrected chi connectivity index (χ0v) is 9.44. The fourth-order valence-corrected chi connectivity index (χ4v) is 0.205. The maximum Gasteiger partial charge on any atom is 0.119 e. The number of nitrogens with zero attached hydrogens (tertiary/aromatic N) is 3. The summed E-state index contributed by atoms with van der Waals surface area (Å²) in [4.78, 5) is 10.7. The third-order valence-electron chi connectivity index (χ3n) is 0.400. The summed E-state index contributed by atoms with van der Waals surface area (Å²) in [6.07, 6.45) is 4.31. The van der Waals surface area contributed by atoms with E-state index >= 15 is 0 Å². The van der Waals surface area contributed by atoms with Crippen molar-refractivity contribution in [2.45, 2.75) is 0 Å². The molecule has 0 saturated carbocycles. The van der Waals surface area contributed by atoms with Crippen molar-refractivity contribution in [1.29, 1.82) is 0 Å². The van der Waals surface area contributed by atoms with Crippen molar-refractivity contribution in [1.82, 2.24) is 15.0 Å². The Balaban J connectivity index is -0.000000120. The van der Waals surface area contributed by atoms with Crippen molar-refractivity contribution >= 4 is 50.9 Å². The van der Waals surface area contributed by atoms with Gasteiger partial charge >= 0.3 is 0 Å². The predicted molar refractivity (Wildman–Crippen MR) is 50.8 cm³/mol. The van der Waals surface area contributed by atoms with Crippen LogP contribution in [0.3, 0.4) is 0 Å². The molecule has 0 saturated heterocycles. The van der Waals surface area contributed by atoms with E-state index in [1.54, 1.807) is 0 Å². The molecule has 0 atom stereocenters. The van der Waals surface area contributed by atoms with Gasteiger partial charge in [0.25, 0.3) is 0 Å². The highest BCUT2D eigenvalue weighted by atomic mass is 79.9. The molecule has 0 spiro atoms. The van der Waals surface area contributed by atoms with Crippen LogP contribution in [0, 0.1) is 0 Å². The molecule has 1 rings (SSSR count). The van der Waals surface area contributed by atoms with Crippen LogP contribution in [-0.2, 0) is 0 Å². The van der Waals surface area contributed by atoms with Gasteiger partial charge in [-0.25, -0.2) is 15.0 Å². The number of halogens is 3. The Bertz CT molecular complexity index is 86.2. The zero-order chi connectivity index (χ0) is 4.24. The molecule has 3 nitrogen and oxygen atoms in total. The van der Waals surface area contributed by atoms with Crippen LogP contribution in [0.2, 0.25) is 0 Å². The van der Waals surface area contributed by atoms with Gasteiger partial charge in [-0.05, 0) is 0 Å². The summed E-state index contributed by atoms with van der Waals surface area (Å²) in [5, 5.41) is 0. The van der Waals surface area contributed by atoms with Crippen LogP contribution >= 0.6 is 50.9 Å². The third kappa shape index (κ3) is 8.45. The lowest BCUT2D eigenvalue weighted by atomic mass is 11.1. The molecule has 0 fully saturated rings. The Morgan fingerprint density at radius 1 is 0.556 bits per heavy atom. The zero-order valence-electron chi connectivity index (χ0n) is 4.30. The standard InChI is InChI=1S/C3H3N3.3BrH/c1-4-2-6-3-5-1;;;/h1-3H;3*1H. The maximum absolute atomic E-state index is 3.56. The minimum atomic E-state index is 0. The van der Waals surface area contributed by atoms with Crippen LogP contribution in [0.5, 0.6) is 0 Å². The van der Waals surface area contributed by atoms with Crippen molar-refractivity contribution < 1.29 is 0 Å². The summed E-state index contributed by atoms with van der Waals surface area (Å²) in [6, 6.07) is 0. The minimum absolute atomic E-state index is 0. The molecule has 1 aromatic heterocycles. The predicted octanol–water partition coefficient (Wildman–Crippen LogP) is 1.61. The van der Waals surface area contributed by atoms with Gasteiger partial charge in [-0.2, -0.15) is 0 Å². The molecular formula is C3H6Br3N3. The highest BCUT2D eigenvalue weighted by Gasteiger charge is 1.59. The quantitative estimate of drug-likeness (QED) is 0.728. The summed E-state index contributed by atoms with van der Waals surface area (Å²) in [6.45, 7) is 0. The Kier molecular flexibility index (Phi) is 20.3. The van der Waals surface area contributed by atoms with Gasteiger partial charge in [0, 0.05) is 0 Å². The summed E-state index contributed by atoms with van der Waals surface area (Å²) in [7, 11) is 0. The normalized spacial score (nSPS) is 5.33. The molecule has 0 N–H and O–H groups in total. The minimum Gasteiger partial charge on any atom is -0.225 e. The first-order valence-electron chi connectivity index (χ1n) is 1.55.